The third-order valence-corrected chi connectivity index (χ3v) is 5.08. The Labute approximate surface area is 109 Å². The monoisotopic (exact) mass is 284 g/mol. The second-order valence-electron chi connectivity index (χ2n) is 3.58. The van der Waals surface area contributed by atoms with E-state index in [0.29, 0.717) is 6.42 Å². The van der Waals surface area contributed by atoms with E-state index in [2.05, 4.69) is 19.7 Å². The summed E-state index contributed by atoms with van der Waals surface area (Å²) in [6, 6.07) is 0. The van der Waals surface area contributed by atoms with Crippen molar-refractivity contribution >= 4 is 27.2 Å². The first-order valence-corrected chi connectivity index (χ1v) is 7.57. The van der Waals surface area contributed by atoms with Gasteiger partial charge in [0.15, 0.2) is 10.0 Å². The van der Waals surface area contributed by atoms with Gasteiger partial charge in [-0.3, -0.25) is 9.71 Å². The van der Waals surface area contributed by atoms with Gasteiger partial charge in [0.05, 0.1) is 29.3 Å². The molecule has 0 aliphatic rings. The van der Waals surface area contributed by atoms with Gasteiger partial charge in [0.2, 0.25) is 0 Å². The molecule has 0 spiro atoms. The lowest BCUT2D eigenvalue weighted by molar-refractivity contribution is 0.602. The molecule has 0 aromatic carbocycles. The van der Waals surface area contributed by atoms with E-state index in [4.69, 9.17) is 0 Å². The number of hydrogen-bond donors (Lipinski definition) is 1. The van der Waals surface area contributed by atoms with Gasteiger partial charge in [-0.25, -0.2) is 18.4 Å². The molecule has 2 heterocycles. The van der Waals surface area contributed by atoms with Crippen LogP contribution >= 0.6 is 11.3 Å². The molecule has 18 heavy (non-hydrogen) atoms. The largest absolute Gasteiger partial charge is 0.274 e. The second kappa shape index (κ2) is 4.99. The second-order valence-corrected chi connectivity index (χ2v) is 6.60. The summed E-state index contributed by atoms with van der Waals surface area (Å²) in [5, 5.41) is 0.783. The molecule has 0 fully saturated rings. The van der Waals surface area contributed by atoms with Crippen molar-refractivity contribution in [2.24, 2.45) is 0 Å². The fourth-order valence-corrected chi connectivity index (χ4v) is 3.33. The molecule has 0 unspecified atom stereocenters. The molecule has 6 nitrogen and oxygen atoms in total. The highest BCUT2D eigenvalue weighted by Crippen LogP contribution is 2.21. The molecule has 0 radical (unpaired) electrons. The van der Waals surface area contributed by atoms with Gasteiger partial charge in [-0.15, -0.1) is 11.3 Å². The van der Waals surface area contributed by atoms with Crippen LogP contribution in [0.3, 0.4) is 0 Å². The maximum atomic E-state index is 12.0. The van der Waals surface area contributed by atoms with Crippen LogP contribution in [0.2, 0.25) is 0 Å². The van der Waals surface area contributed by atoms with Crippen molar-refractivity contribution in [3.05, 3.63) is 29.3 Å². The summed E-state index contributed by atoms with van der Waals surface area (Å²) >= 11 is 1.15. The van der Waals surface area contributed by atoms with Crippen LogP contribution in [0.15, 0.2) is 22.8 Å². The Kier molecular flexibility index (Phi) is 3.58. The van der Waals surface area contributed by atoms with Crippen LogP contribution in [0.4, 0.5) is 5.82 Å². The molecule has 0 saturated carbocycles. The Morgan fingerprint density at radius 1 is 1.22 bits per heavy atom. The van der Waals surface area contributed by atoms with Crippen LogP contribution in [-0.4, -0.2) is 23.4 Å². The van der Waals surface area contributed by atoms with Gasteiger partial charge in [-0.05, 0) is 13.3 Å². The first kappa shape index (κ1) is 12.9. The summed E-state index contributed by atoms with van der Waals surface area (Å²) in [6.07, 6.45) is 4.95. The normalized spacial score (nSPS) is 11.4. The quantitative estimate of drug-likeness (QED) is 0.922. The standard InChI is InChI=1S/C10H12N4O2S2/c1-3-9-13-6-10(17-9)18(15,16)14-8-5-11-7(2)4-12-8/h4-6H,3H2,1-2H3,(H,12,14). The molecule has 0 atom stereocenters. The van der Waals surface area contributed by atoms with Crippen molar-refractivity contribution in [2.45, 2.75) is 24.5 Å². The van der Waals surface area contributed by atoms with Crippen LogP contribution in [0, 0.1) is 6.92 Å². The Morgan fingerprint density at radius 2 is 2.00 bits per heavy atom. The molecule has 0 aliphatic carbocycles. The number of nitrogens with one attached hydrogen (secondary N) is 1. The Balaban J connectivity index is 2.24. The molecule has 2 aromatic rings. The third-order valence-electron chi connectivity index (χ3n) is 2.12. The fraction of sp³-hybridized carbons (Fsp3) is 0.300. The summed E-state index contributed by atoms with van der Waals surface area (Å²) < 4.78 is 26.6. The van der Waals surface area contributed by atoms with Crippen molar-refractivity contribution < 1.29 is 8.42 Å². The first-order chi connectivity index (χ1) is 8.51. The highest BCUT2D eigenvalue weighted by Gasteiger charge is 2.18. The van der Waals surface area contributed by atoms with Crippen molar-refractivity contribution in [2.75, 3.05) is 4.72 Å². The van der Waals surface area contributed by atoms with E-state index in [0.717, 1.165) is 22.0 Å². The Hall–Kier alpha value is -1.54. The number of nitrogens with zero attached hydrogens (tertiary/aromatic N) is 3. The molecule has 1 N–H and O–H groups in total. The van der Waals surface area contributed by atoms with E-state index in [1.807, 2.05) is 6.92 Å². The Morgan fingerprint density at radius 3 is 2.56 bits per heavy atom. The predicted octanol–water partition coefficient (Wildman–Crippen LogP) is 1.60. The van der Waals surface area contributed by atoms with E-state index >= 15 is 0 Å². The van der Waals surface area contributed by atoms with Crippen LogP contribution < -0.4 is 4.72 Å². The summed E-state index contributed by atoms with van der Waals surface area (Å²) in [4.78, 5) is 11.9. The molecule has 8 heteroatoms. The Bertz CT molecular complexity index is 634. The highest BCUT2D eigenvalue weighted by atomic mass is 32.2. The molecular weight excluding hydrogens is 272 g/mol. The summed E-state index contributed by atoms with van der Waals surface area (Å²) in [5.41, 5.74) is 0.726. The molecule has 96 valence electrons. The highest BCUT2D eigenvalue weighted by molar-refractivity contribution is 7.94. The lowest BCUT2D eigenvalue weighted by Crippen LogP contribution is -2.12. The van der Waals surface area contributed by atoms with Gasteiger partial charge in [0.1, 0.15) is 0 Å². The van der Waals surface area contributed by atoms with Gasteiger partial charge >= 0.3 is 0 Å². The SMILES string of the molecule is CCc1ncc(S(=O)(=O)Nc2cnc(C)cn2)s1. The average Bonchev–Trinajstić information content (AvgIpc) is 2.81. The number of rotatable bonds is 4. The van der Waals surface area contributed by atoms with E-state index in [9.17, 15) is 8.42 Å². The van der Waals surface area contributed by atoms with Crippen LogP contribution in [-0.2, 0) is 16.4 Å². The minimum atomic E-state index is -3.61. The van der Waals surface area contributed by atoms with Crippen molar-refractivity contribution in [3.8, 4) is 0 Å². The number of anilines is 1. The topological polar surface area (TPSA) is 84.8 Å². The maximum Gasteiger partial charge on any atom is 0.274 e. The minimum absolute atomic E-state index is 0.182. The fourth-order valence-electron chi connectivity index (χ4n) is 1.21. The molecule has 0 amide bonds. The molecule has 0 aliphatic heterocycles. The lowest BCUT2D eigenvalue weighted by atomic mass is 10.5. The smallest absolute Gasteiger partial charge is 0.261 e. The van der Waals surface area contributed by atoms with Crippen molar-refractivity contribution in [1.82, 2.24) is 15.0 Å². The predicted molar refractivity (Wildman–Crippen MR) is 69.1 cm³/mol. The summed E-state index contributed by atoms with van der Waals surface area (Å²) in [7, 11) is -3.61. The minimum Gasteiger partial charge on any atom is -0.261 e. The van der Waals surface area contributed by atoms with Crippen LogP contribution in [0.5, 0.6) is 0 Å². The van der Waals surface area contributed by atoms with E-state index in [1.165, 1.54) is 18.6 Å². The average molecular weight is 284 g/mol. The molecular formula is C10H12N4O2S2. The number of sulfonamides is 1. The molecule has 2 aromatic heterocycles. The number of hydrogen-bond acceptors (Lipinski definition) is 6. The summed E-state index contributed by atoms with van der Waals surface area (Å²) in [5.74, 6) is 0.201. The van der Waals surface area contributed by atoms with Crippen LogP contribution in [0.1, 0.15) is 17.6 Å². The van der Waals surface area contributed by atoms with E-state index < -0.39 is 10.0 Å². The zero-order valence-corrected chi connectivity index (χ0v) is 11.5. The van der Waals surface area contributed by atoms with Crippen molar-refractivity contribution in [3.63, 3.8) is 0 Å². The first-order valence-electron chi connectivity index (χ1n) is 5.27. The van der Waals surface area contributed by atoms with E-state index in [-0.39, 0.29) is 10.0 Å². The molecule has 0 saturated heterocycles. The third kappa shape index (κ3) is 2.82. The molecule has 0 bridgehead atoms. The lowest BCUT2D eigenvalue weighted by Gasteiger charge is -2.04. The van der Waals surface area contributed by atoms with Crippen LogP contribution in [0.25, 0.3) is 0 Å². The number of aryl methyl sites for hydroxylation is 2. The van der Waals surface area contributed by atoms with Gasteiger partial charge in [-0.1, -0.05) is 6.92 Å². The number of thiazole rings is 1. The van der Waals surface area contributed by atoms with Gasteiger partial charge in [0, 0.05) is 0 Å². The van der Waals surface area contributed by atoms with Gasteiger partial charge < -0.3 is 0 Å². The molecule has 2 rings (SSSR count). The van der Waals surface area contributed by atoms with E-state index in [1.54, 1.807) is 6.92 Å². The van der Waals surface area contributed by atoms with Gasteiger partial charge in [0.25, 0.3) is 10.0 Å². The maximum absolute atomic E-state index is 12.0. The summed E-state index contributed by atoms with van der Waals surface area (Å²) in [6.45, 7) is 3.70. The zero-order valence-electron chi connectivity index (χ0n) is 9.91. The van der Waals surface area contributed by atoms with Gasteiger partial charge in [-0.2, -0.15) is 0 Å². The number of aromatic nitrogens is 3. The zero-order chi connectivity index (χ0) is 13.2. The van der Waals surface area contributed by atoms with Crippen molar-refractivity contribution in [1.29, 1.82) is 0 Å².